The van der Waals surface area contributed by atoms with Gasteiger partial charge in [-0.15, -0.1) is 5.10 Å². The molecule has 0 aliphatic carbocycles. The number of aromatic nitrogens is 3. The Kier molecular flexibility index (Phi) is 6.42. The molecule has 1 aliphatic heterocycles. The zero-order valence-corrected chi connectivity index (χ0v) is 12.9. The Hall–Kier alpha value is -0.980. The third-order valence-corrected chi connectivity index (χ3v) is 3.79. The summed E-state index contributed by atoms with van der Waals surface area (Å²) in [6, 6.07) is 0. The highest BCUT2D eigenvalue weighted by Gasteiger charge is 2.15. The van der Waals surface area contributed by atoms with Gasteiger partial charge in [0.05, 0.1) is 12.2 Å². The lowest BCUT2D eigenvalue weighted by Crippen LogP contribution is -2.47. The molecule has 1 aromatic heterocycles. The molecule has 0 amide bonds. The lowest BCUT2D eigenvalue weighted by molar-refractivity contribution is 0.128. The summed E-state index contributed by atoms with van der Waals surface area (Å²) in [6.07, 6.45) is 3.31. The average Bonchev–Trinajstić information content (AvgIpc) is 2.93. The number of hydrogen-bond donors (Lipinski definition) is 1. The quantitative estimate of drug-likeness (QED) is 0.748. The molecule has 1 N–H and O–H groups in total. The van der Waals surface area contributed by atoms with Crippen LogP contribution in [0.5, 0.6) is 0 Å². The van der Waals surface area contributed by atoms with E-state index in [1.807, 2.05) is 4.68 Å². The van der Waals surface area contributed by atoms with Gasteiger partial charge in [0.2, 0.25) is 0 Å². The van der Waals surface area contributed by atoms with Crippen molar-refractivity contribution in [1.29, 1.82) is 0 Å². The third-order valence-electron chi connectivity index (χ3n) is 3.79. The number of rotatable bonds is 8. The Morgan fingerprint density at radius 3 is 2.40 bits per heavy atom. The summed E-state index contributed by atoms with van der Waals surface area (Å²) >= 11 is 0. The van der Waals surface area contributed by atoms with E-state index >= 15 is 0 Å². The average molecular weight is 280 g/mol. The van der Waals surface area contributed by atoms with Crippen molar-refractivity contribution in [3.05, 3.63) is 11.9 Å². The van der Waals surface area contributed by atoms with E-state index < -0.39 is 0 Å². The molecular formula is C14H28N6. The maximum atomic E-state index is 4.19. The summed E-state index contributed by atoms with van der Waals surface area (Å²) in [5.74, 6) is 0. The molecule has 114 valence electrons. The van der Waals surface area contributed by atoms with Gasteiger partial charge in [-0.05, 0) is 19.5 Å². The van der Waals surface area contributed by atoms with Gasteiger partial charge in [0, 0.05) is 45.5 Å². The van der Waals surface area contributed by atoms with Crippen molar-refractivity contribution in [1.82, 2.24) is 30.1 Å². The first-order chi connectivity index (χ1) is 9.81. The largest absolute Gasteiger partial charge is 0.311 e. The second-order valence-corrected chi connectivity index (χ2v) is 5.44. The van der Waals surface area contributed by atoms with Gasteiger partial charge in [0.15, 0.2) is 0 Å². The molecule has 0 radical (unpaired) electrons. The van der Waals surface area contributed by atoms with Crippen LogP contribution in [-0.2, 0) is 13.1 Å². The van der Waals surface area contributed by atoms with Gasteiger partial charge in [0.1, 0.15) is 0 Å². The van der Waals surface area contributed by atoms with Crippen molar-refractivity contribution >= 4 is 0 Å². The van der Waals surface area contributed by atoms with Gasteiger partial charge in [-0.2, -0.15) is 0 Å². The second kappa shape index (κ2) is 8.34. The Bertz CT molecular complexity index is 369. The Balaban J connectivity index is 1.66. The summed E-state index contributed by atoms with van der Waals surface area (Å²) in [5, 5.41) is 11.6. The molecule has 2 rings (SSSR count). The summed E-state index contributed by atoms with van der Waals surface area (Å²) in [4.78, 5) is 5.08. The number of nitrogens with zero attached hydrogens (tertiary/aromatic N) is 5. The van der Waals surface area contributed by atoms with Crippen molar-refractivity contribution < 1.29 is 0 Å². The lowest BCUT2D eigenvalue weighted by Gasteiger charge is -2.34. The monoisotopic (exact) mass is 280 g/mol. The standard InChI is InChI=1S/C14H28N6/c1-3-5-18-6-8-19(9-7-18)10-11-20-13-14(16-17-20)12-15-4-2/h13,15H,3-12H2,1-2H3. The number of hydrogen-bond acceptors (Lipinski definition) is 5. The topological polar surface area (TPSA) is 49.2 Å². The van der Waals surface area contributed by atoms with Crippen LogP contribution in [0.2, 0.25) is 0 Å². The molecule has 0 atom stereocenters. The molecule has 0 bridgehead atoms. The van der Waals surface area contributed by atoms with E-state index in [0.717, 1.165) is 31.9 Å². The highest BCUT2D eigenvalue weighted by Crippen LogP contribution is 2.03. The van der Waals surface area contributed by atoms with Crippen LogP contribution >= 0.6 is 0 Å². The molecular weight excluding hydrogens is 252 g/mol. The van der Waals surface area contributed by atoms with E-state index in [4.69, 9.17) is 0 Å². The number of nitrogens with one attached hydrogen (secondary N) is 1. The fraction of sp³-hybridized carbons (Fsp3) is 0.857. The molecule has 2 heterocycles. The summed E-state index contributed by atoms with van der Waals surface area (Å²) in [7, 11) is 0. The minimum atomic E-state index is 0.812. The SMILES string of the molecule is CCCN1CCN(CCn2cc(CNCC)nn2)CC1. The van der Waals surface area contributed by atoms with E-state index in [9.17, 15) is 0 Å². The fourth-order valence-corrected chi connectivity index (χ4v) is 2.58. The van der Waals surface area contributed by atoms with Gasteiger partial charge in [-0.25, -0.2) is 0 Å². The molecule has 0 aromatic carbocycles. The normalized spacial score (nSPS) is 17.7. The van der Waals surface area contributed by atoms with Gasteiger partial charge < -0.3 is 10.2 Å². The molecule has 1 saturated heterocycles. The van der Waals surface area contributed by atoms with E-state index in [0.29, 0.717) is 0 Å². The summed E-state index contributed by atoms with van der Waals surface area (Å²) < 4.78 is 1.96. The Morgan fingerprint density at radius 1 is 1.05 bits per heavy atom. The zero-order valence-electron chi connectivity index (χ0n) is 12.9. The highest BCUT2D eigenvalue weighted by molar-refractivity contribution is 4.91. The van der Waals surface area contributed by atoms with E-state index in [2.05, 4.69) is 45.5 Å². The summed E-state index contributed by atoms with van der Waals surface area (Å²) in [6.45, 7) is 14.2. The fourth-order valence-electron chi connectivity index (χ4n) is 2.58. The van der Waals surface area contributed by atoms with Gasteiger partial charge in [-0.1, -0.05) is 19.1 Å². The Labute approximate surface area is 122 Å². The van der Waals surface area contributed by atoms with Crippen LogP contribution in [0, 0.1) is 0 Å². The molecule has 0 spiro atoms. The first-order valence-electron chi connectivity index (χ1n) is 7.86. The number of piperazine rings is 1. The minimum Gasteiger partial charge on any atom is -0.311 e. The second-order valence-electron chi connectivity index (χ2n) is 5.44. The van der Waals surface area contributed by atoms with Crippen molar-refractivity contribution in [2.45, 2.75) is 33.4 Å². The maximum absolute atomic E-state index is 4.19. The Morgan fingerprint density at radius 2 is 1.75 bits per heavy atom. The molecule has 1 fully saturated rings. The molecule has 0 unspecified atom stereocenters. The van der Waals surface area contributed by atoms with Crippen LogP contribution in [0.1, 0.15) is 26.0 Å². The van der Waals surface area contributed by atoms with Gasteiger partial charge >= 0.3 is 0 Å². The van der Waals surface area contributed by atoms with E-state index in [-0.39, 0.29) is 0 Å². The van der Waals surface area contributed by atoms with E-state index in [1.165, 1.54) is 39.1 Å². The molecule has 20 heavy (non-hydrogen) atoms. The van der Waals surface area contributed by atoms with Crippen LogP contribution in [-0.4, -0.2) is 70.6 Å². The van der Waals surface area contributed by atoms with Gasteiger partial charge in [-0.3, -0.25) is 9.58 Å². The zero-order chi connectivity index (χ0) is 14.2. The van der Waals surface area contributed by atoms with Crippen molar-refractivity contribution in [3.8, 4) is 0 Å². The lowest BCUT2D eigenvalue weighted by atomic mass is 10.3. The van der Waals surface area contributed by atoms with Crippen LogP contribution in [0.4, 0.5) is 0 Å². The van der Waals surface area contributed by atoms with Gasteiger partial charge in [0.25, 0.3) is 0 Å². The van der Waals surface area contributed by atoms with E-state index in [1.54, 1.807) is 0 Å². The molecule has 1 aromatic rings. The molecule has 0 saturated carbocycles. The van der Waals surface area contributed by atoms with Crippen LogP contribution < -0.4 is 5.32 Å². The maximum Gasteiger partial charge on any atom is 0.0964 e. The summed E-state index contributed by atoms with van der Waals surface area (Å²) in [5.41, 5.74) is 1.03. The van der Waals surface area contributed by atoms with Crippen molar-refractivity contribution in [2.24, 2.45) is 0 Å². The smallest absolute Gasteiger partial charge is 0.0964 e. The first-order valence-corrected chi connectivity index (χ1v) is 7.86. The predicted octanol–water partition coefficient (Wildman–Crippen LogP) is 0.415. The van der Waals surface area contributed by atoms with Crippen LogP contribution in [0.25, 0.3) is 0 Å². The highest BCUT2D eigenvalue weighted by atomic mass is 15.4. The first kappa shape index (κ1) is 15.4. The molecule has 1 aliphatic rings. The third kappa shape index (κ3) is 4.85. The predicted molar refractivity (Wildman–Crippen MR) is 80.6 cm³/mol. The van der Waals surface area contributed by atoms with Crippen LogP contribution in [0.15, 0.2) is 6.20 Å². The molecule has 6 heteroatoms. The van der Waals surface area contributed by atoms with Crippen molar-refractivity contribution in [2.75, 3.05) is 45.8 Å². The van der Waals surface area contributed by atoms with Crippen molar-refractivity contribution in [3.63, 3.8) is 0 Å². The molecule has 6 nitrogen and oxygen atoms in total. The van der Waals surface area contributed by atoms with Crippen LogP contribution in [0.3, 0.4) is 0 Å². The minimum absolute atomic E-state index is 0.812.